The van der Waals surface area contributed by atoms with Crippen molar-refractivity contribution in [1.82, 2.24) is 0 Å². The van der Waals surface area contributed by atoms with E-state index < -0.39 is 0 Å². The summed E-state index contributed by atoms with van der Waals surface area (Å²) in [4.78, 5) is 13.4. The molecule has 0 saturated carbocycles. The number of halogens is 1. The van der Waals surface area contributed by atoms with Crippen LogP contribution >= 0.6 is 28.3 Å². The molecule has 0 aromatic carbocycles. The first-order valence-electron chi connectivity index (χ1n) is 4.18. The molecule has 15 heavy (non-hydrogen) atoms. The van der Waals surface area contributed by atoms with Crippen molar-refractivity contribution in [3.63, 3.8) is 0 Å². The summed E-state index contributed by atoms with van der Waals surface area (Å²) in [5.41, 5.74) is 5.46. The highest BCUT2D eigenvalue weighted by atomic mass is 79.9. The Morgan fingerprint density at radius 3 is 2.73 bits per heavy atom. The number of nitrogens with two attached hydrogens (primary N) is 1. The smallest absolute Gasteiger partial charge is 0.238 e. The van der Waals surface area contributed by atoms with Crippen LogP contribution in [0.4, 0.5) is 0 Å². The average molecular weight is 288 g/mol. The Labute approximate surface area is 102 Å². The molecule has 2 heterocycles. The van der Waals surface area contributed by atoms with E-state index >= 15 is 0 Å². The minimum Gasteiger partial charge on any atom is -0.461 e. The number of thiophene rings is 1. The summed E-state index contributed by atoms with van der Waals surface area (Å²) < 4.78 is 5.02. The summed E-state index contributed by atoms with van der Waals surface area (Å²) in [7, 11) is 0. The lowest BCUT2D eigenvalue weighted by Gasteiger charge is -1.90. The molecular weight excluding hydrogens is 278 g/mol. The van der Waals surface area contributed by atoms with E-state index in [1.807, 2.05) is 6.07 Å². The van der Waals surface area contributed by atoms with Gasteiger partial charge in [-0.15, -0.1) is 28.3 Å². The third kappa shape index (κ3) is 2.56. The number of carbonyl (C=O) groups excluding carboxylic acids is 1. The fourth-order valence-electron chi connectivity index (χ4n) is 1.14. The Kier molecular flexibility index (Phi) is 4.26. The van der Waals surface area contributed by atoms with Gasteiger partial charge >= 0.3 is 0 Å². The minimum atomic E-state index is -0.0836. The third-order valence-electron chi connectivity index (χ3n) is 1.83. The molecule has 0 atom stereocenters. The van der Waals surface area contributed by atoms with Gasteiger partial charge in [0, 0.05) is 11.4 Å². The van der Waals surface area contributed by atoms with Gasteiger partial charge in [-0.3, -0.25) is 4.79 Å². The zero-order valence-corrected chi connectivity index (χ0v) is 10.3. The quantitative estimate of drug-likeness (QED) is 0.883. The molecule has 80 valence electrons. The molecule has 0 saturated heterocycles. The molecular formula is C10H10BrNO2S. The van der Waals surface area contributed by atoms with Gasteiger partial charge in [0.05, 0.1) is 11.1 Å². The van der Waals surface area contributed by atoms with Gasteiger partial charge in [0.2, 0.25) is 5.78 Å². The number of rotatable bonds is 3. The van der Waals surface area contributed by atoms with Crippen molar-refractivity contribution >= 4 is 34.1 Å². The maximum absolute atomic E-state index is 11.7. The van der Waals surface area contributed by atoms with Crippen molar-refractivity contribution in [2.75, 3.05) is 0 Å². The van der Waals surface area contributed by atoms with Crippen LogP contribution < -0.4 is 5.73 Å². The van der Waals surface area contributed by atoms with Gasteiger partial charge in [-0.2, -0.15) is 0 Å². The lowest BCUT2D eigenvalue weighted by molar-refractivity contribution is 0.101. The van der Waals surface area contributed by atoms with Crippen LogP contribution in [0, 0.1) is 0 Å². The van der Waals surface area contributed by atoms with Gasteiger partial charge in [0.15, 0.2) is 5.76 Å². The summed E-state index contributed by atoms with van der Waals surface area (Å²) in [6.45, 7) is 0.468. The summed E-state index contributed by atoms with van der Waals surface area (Å²) in [6.07, 6.45) is 1.49. The molecule has 2 rings (SSSR count). The van der Waals surface area contributed by atoms with Gasteiger partial charge in [0.25, 0.3) is 0 Å². The monoisotopic (exact) mass is 287 g/mol. The van der Waals surface area contributed by atoms with Crippen molar-refractivity contribution in [2.24, 2.45) is 5.73 Å². The van der Waals surface area contributed by atoms with E-state index in [-0.39, 0.29) is 22.8 Å². The van der Waals surface area contributed by atoms with Crippen molar-refractivity contribution in [3.8, 4) is 0 Å². The second-order valence-electron chi connectivity index (χ2n) is 2.78. The van der Waals surface area contributed by atoms with Crippen LogP contribution in [0.1, 0.15) is 20.3 Å². The van der Waals surface area contributed by atoms with Gasteiger partial charge in [0.1, 0.15) is 0 Å². The summed E-state index contributed by atoms with van der Waals surface area (Å²) in [6, 6.07) is 6.99. The van der Waals surface area contributed by atoms with E-state index in [4.69, 9.17) is 10.2 Å². The Bertz CT molecular complexity index is 436. The molecule has 2 aromatic heterocycles. The zero-order valence-electron chi connectivity index (χ0n) is 7.80. The van der Waals surface area contributed by atoms with E-state index in [0.29, 0.717) is 17.2 Å². The molecule has 2 N–H and O–H groups in total. The van der Waals surface area contributed by atoms with Crippen LogP contribution in [0.25, 0.3) is 0 Å². The number of hydrogen-bond acceptors (Lipinski definition) is 4. The molecule has 0 aliphatic rings. The summed E-state index contributed by atoms with van der Waals surface area (Å²) in [5.74, 6) is 0.287. The molecule has 0 bridgehead atoms. The highest BCUT2D eigenvalue weighted by molar-refractivity contribution is 8.93. The van der Waals surface area contributed by atoms with Crippen LogP contribution in [0.15, 0.2) is 34.9 Å². The van der Waals surface area contributed by atoms with Crippen molar-refractivity contribution in [2.45, 2.75) is 6.54 Å². The van der Waals surface area contributed by atoms with Gasteiger partial charge in [-0.05, 0) is 24.3 Å². The SMILES string of the molecule is Br.NCc1ccc(C(=O)c2ccco2)s1. The number of carbonyl (C=O) groups is 1. The normalized spacial score (nSPS) is 9.67. The lowest BCUT2D eigenvalue weighted by atomic mass is 10.2. The maximum atomic E-state index is 11.7. The first-order chi connectivity index (χ1) is 6.81. The maximum Gasteiger partial charge on any atom is 0.238 e. The van der Waals surface area contributed by atoms with E-state index in [9.17, 15) is 4.79 Å². The predicted octanol–water partition coefficient (Wildman–Crippen LogP) is 2.61. The van der Waals surface area contributed by atoms with Gasteiger partial charge in [-0.25, -0.2) is 0 Å². The molecule has 0 aliphatic heterocycles. The van der Waals surface area contributed by atoms with E-state index in [1.54, 1.807) is 18.2 Å². The fraction of sp³-hybridized carbons (Fsp3) is 0.100. The predicted molar refractivity (Wildman–Crippen MR) is 64.7 cm³/mol. The highest BCUT2D eigenvalue weighted by Crippen LogP contribution is 2.19. The second kappa shape index (κ2) is 5.25. The number of ketones is 1. The third-order valence-corrected chi connectivity index (χ3v) is 2.94. The Hall–Kier alpha value is -0.910. The first kappa shape index (κ1) is 12.2. The standard InChI is InChI=1S/C10H9NO2S.BrH/c11-6-7-3-4-9(14-7)10(12)8-2-1-5-13-8;/h1-5H,6,11H2;1H. The second-order valence-corrected chi connectivity index (χ2v) is 3.94. The lowest BCUT2D eigenvalue weighted by Crippen LogP contribution is -1.95. The molecule has 0 fully saturated rings. The summed E-state index contributed by atoms with van der Waals surface area (Å²) in [5, 5.41) is 0. The highest BCUT2D eigenvalue weighted by Gasteiger charge is 2.13. The molecule has 0 radical (unpaired) electrons. The molecule has 0 aliphatic carbocycles. The summed E-state index contributed by atoms with van der Waals surface area (Å²) >= 11 is 1.40. The van der Waals surface area contributed by atoms with E-state index in [2.05, 4.69) is 0 Å². The Morgan fingerprint density at radius 2 is 2.20 bits per heavy atom. The number of hydrogen-bond donors (Lipinski definition) is 1. The van der Waals surface area contributed by atoms with Crippen LogP contribution in [0.3, 0.4) is 0 Å². The van der Waals surface area contributed by atoms with Crippen LogP contribution in [-0.2, 0) is 6.54 Å². The van der Waals surface area contributed by atoms with Crippen LogP contribution in [0.2, 0.25) is 0 Å². The van der Waals surface area contributed by atoms with Crippen LogP contribution in [-0.4, -0.2) is 5.78 Å². The van der Waals surface area contributed by atoms with Crippen LogP contribution in [0.5, 0.6) is 0 Å². The minimum absolute atomic E-state index is 0. The molecule has 0 amide bonds. The van der Waals surface area contributed by atoms with Gasteiger partial charge in [-0.1, -0.05) is 0 Å². The van der Waals surface area contributed by atoms with Crippen molar-refractivity contribution in [1.29, 1.82) is 0 Å². The van der Waals surface area contributed by atoms with Crippen molar-refractivity contribution < 1.29 is 9.21 Å². The molecule has 3 nitrogen and oxygen atoms in total. The number of furan rings is 1. The van der Waals surface area contributed by atoms with Gasteiger partial charge < -0.3 is 10.2 Å². The average Bonchev–Trinajstić information content (AvgIpc) is 2.88. The van der Waals surface area contributed by atoms with Crippen molar-refractivity contribution in [3.05, 3.63) is 46.0 Å². The topological polar surface area (TPSA) is 56.2 Å². The molecule has 0 spiro atoms. The molecule has 5 heteroatoms. The van der Waals surface area contributed by atoms with E-state index in [1.165, 1.54) is 17.6 Å². The van der Waals surface area contributed by atoms with E-state index in [0.717, 1.165) is 4.88 Å². The zero-order chi connectivity index (χ0) is 9.97. The first-order valence-corrected chi connectivity index (χ1v) is 5.00. The molecule has 2 aromatic rings. The molecule has 0 unspecified atom stereocenters. The Morgan fingerprint density at radius 1 is 1.40 bits per heavy atom. The largest absolute Gasteiger partial charge is 0.461 e. The fourth-order valence-corrected chi connectivity index (χ4v) is 1.97. The Balaban J connectivity index is 0.00000112.